The number of fused-ring (bicyclic) bond motifs is 1. The van der Waals surface area contributed by atoms with E-state index in [9.17, 15) is 9.59 Å². The molecule has 0 saturated carbocycles. The van der Waals surface area contributed by atoms with Crippen LogP contribution in [-0.4, -0.2) is 34.7 Å². The molecule has 2 amide bonds. The smallest absolute Gasteiger partial charge is 0.241 e. The monoisotopic (exact) mass is 418 g/mol. The zero-order valence-corrected chi connectivity index (χ0v) is 17.5. The number of carbonyl (C=O) groups excluding carboxylic acids is 2. The average Bonchev–Trinajstić information content (AvgIpc) is 3.38. The van der Waals surface area contributed by atoms with Crippen molar-refractivity contribution in [1.82, 2.24) is 15.1 Å². The molecule has 0 aliphatic heterocycles. The summed E-state index contributed by atoms with van der Waals surface area (Å²) in [4.78, 5) is 24.7. The topological polar surface area (TPSA) is 85.2 Å². The van der Waals surface area contributed by atoms with Crippen LogP contribution in [0.2, 0.25) is 0 Å². The van der Waals surface area contributed by atoms with Gasteiger partial charge < -0.3 is 15.4 Å². The predicted molar refractivity (Wildman–Crippen MR) is 118 cm³/mol. The number of benzene rings is 2. The van der Waals surface area contributed by atoms with Gasteiger partial charge in [-0.05, 0) is 42.0 Å². The molecule has 1 aliphatic rings. The van der Waals surface area contributed by atoms with E-state index in [-0.39, 0.29) is 24.4 Å². The minimum absolute atomic E-state index is 0.0880. The Morgan fingerprint density at radius 1 is 1.06 bits per heavy atom. The lowest BCUT2D eigenvalue weighted by atomic mass is 10.1. The van der Waals surface area contributed by atoms with E-state index in [2.05, 4.69) is 27.9 Å². The van der Waals surface area contributed by atoms with Gasteiger partial charge in [0.05, 0.1) is 19.0 Å². The average molecular weight is 418 g/mol. The van der Waals surface area contributed by atoms with E-state index in [1.165, 1.54) is 15.8 Å². The van der Waals surface area contributed by atoms with Gasteiger partial charge in [0.2, 0.25) is 11.8 Å². The highest BCUT2D eigenvalue weighted by molar-refractivity contribution is 5.90. The van der Waals surface area contributed by atoms with Crippen molar-refractivity contribution in [2.24, 2.45) is 0 Å². The zero-order valence-electron chi connectivity index (χ0n) is 17.5. The normalized spacial score (nSPS) is 12.9. The maximum Gasteiger partial charge on any atom is 0.241 e. The fraction of sp³-hybridized carbons (Fsp3) is 0.292. The molecule has 160 valence electrons. The largest absolute Gasteiger partial charge is 0.496 e. The van der Waals surface area contributed by atoms with Crippen molar-refractivity contribution in [1.29, 1.82) is 0 Å². The highest BCUT2D eigenvalue weighted by Gasteiger charge is 2.22. The van der Waals surface area contributed by atoms with Crippen LogP contribution in [0.1, 0.15) is 23.1 Å². The van der Waals surface area contributed by atoms with Gasteiger partial charge in [0, 0.05) is 18.7 Å². The Kier molecular flexibility index (Phi) is 6.31. The lowest BCUT2D eigenvalue weighted by Gasteiger charge is -2.12. The summed E-state index contributed by atoms with van der Waals surface area (Å²) in [7, 11) is 1.62. The van der Waals surface area contributed by atoms with Crippen molar-refractivity contribution in [3.8, 4) is 5.75 Å². The van der Waals surface area contributed by atoms with Crippen molar-refractivity contribution in [3.63, 3.8) is 0 Å². The van der Waals surface area contributed by atoms with E-state index in [1.54, 1.807) is 19.5 Å². The summed E-state index contributed by atoms with van der Waals surface area (Å²) in [6, 6.07) is 16.0. The molecule has 7 heteroatoms. The number of nitrogens with one attached hydrogen (secondary N) is 2. The van der Waals surface area contributed by atoms with Crippen LogP contribution in [0.25, 0.3) is 0 Å². The molecule has 0 bridgehead atoms. The molecular formula is C24H26N4O3. The summed E-state index contributed by atoms with van der Waals surface area (Å²) in [5.74, 6) is 0.577. The van der Waals surface area contributed by atoms with Crippen molar-refractivity contribution in [3.05, 3.63) is 77.6 Å². The molecule has 7 nitrogen and oxygen atoms in total. The first-order valence-corrected chi connectivity index (χ1v) is 10.4. The number of hydrogen-bond donors (Lipinski definition) is 2. The number of carbonyl (C=O) groups is 2. The first kappa shape index (κ1) is 20.7. The standard InChI is InChI=1S/C24H26N4O3/c1-31-22-9-5-4-6-17(22)10-11-23(29)27-21-14-25-28(15-21)16-24(30)26-20-12-18-7-2-3-8-19(18)13-20/h2-9,14-15,20H,10-13,16H2,1H3,(H,26,30)(H,27,29). The summed E-state index contributed by atoms with van der Waals surface area (Å²) in [5, 5.41) is 10.1. The summed E-state index contributed by atoms with van der Waals surface area (Å²) < 4.78 is 6.85. The highest BCUT2D eigenvalue weighted by Crippen LogP contribution is 2.22. The van der Waals surface area contributed by atoms with Crippen molar-refractivity contribution >= 4 is 17.5 Å². The first-order chi connectivity index (χ1) is 15.1. The molecule has 3 aromatic rings. The summed E-state index contributed by atoms with van der Waals surface area (Å²) in [5.41, 5.74) is 4.16. The summed E-state index contributed by atoms with van der Waals surface area (Å²) >= 11 is 0. The molecule has 0 saturated heterocycles. The van der Waals surface area contributed by atoms with Gasteiger partial charge in [-0.1, -0.05) is 42.5 Å². The van der Waals surface area contributed by atoms with Gasteiger partial charge in [0.1, 0.15) is 12.3 Å². The zero-order chi connectivity index (χ0) is 21.6. The number of para-hydroxylation sites is 1. The van der Waals surface area contributed by atoms with Gasteiger partial charge in [-0.3, -0.25) is 14.3 Å². The molecule has 2 N–H and O–H groups in total. The maximum atomic E-state index is 12.4. The Morgan fingerprint density at radius 3 is 2.52 bits per heavy atom. The Balaban J connectivity index is 1.23. The molecular weight excluding hydrogens is 392 g/mol. The number of nitrogens with zero attached hydrogens (tertiary/aromatic N) is 2. The second kappa shape index (κ2) is 9.47. The molecule has 0 unspecified atom stereocenters. The van der Waals surface area contributed by atoms with Crippen LogP contribution in [-0.2, 0) is 35.4 Å². The maximum absolute atomic E-state index is 12.4. The van der Waals surface area contributed by atoms with E-state index >= 15 is 0 Å². The molecule has 1 aromatic heterocycles. The molecule has 0 fully saturated rings. The van der Waals surface area contributed by atoms with Crippen molar-refractivity contribution < 1.29 is 14.3 Å². The lowest BCUT2D eigenvalue weighted by Crippen LogP contribution is -2.37. The third kappa shape index (κ3) is 5.31. The fourth-order valence-corrected chi connectivity index (χ4v) is 3.98. The predicted octanol–water partition coefficient (Wildman–Crippen LogP) is 2.75. The van der Waals surface area contributed by atoms with Crippen LogP contribution in [0, 0.1) is 0 Å². The van der Waals surface area contributed by atoms with Gasteiger partial charge in [0.25, 0.3) is 0 Å². The van der Waals surface area contributed by atoms with Crippen molar-refractivity contribution in [2.45, 2.75) is 38.3 Å². The third-order valence-corrected chi connectivity index (χ3v) is 5.45. The minimum atomic E-state index is -0.112. The van der Waals surface area contributed by atoms with E-state index in [0.29, 0.717) is 18.5 Å². The third-order valence-electron chi connectivity index (χ3n) is 5.45. The van der Waals surface area contributed by atoms with Gasteiger partial charge in [0.15, 0.2) is 0 Å². The quantitative estimate of drug-likeness (QED) is 0.589. The Bertz CT molecular complexity index is 1050. The van der Waals surface area contributed by atoms with Gasteiger partial charge in [-0.25, -0.2) is 0 Å². The Morgan fingerprint density at radius 2 is 1.77 bits per heavy atom. The molecule has 0 spiro atoms. The molecule has 0 radical (unpaired) electrons. The van der Waals surface area contributed by atoms with Gasteiger partial charge in [-0.2, -0.15) is 5.10 Å². The second-order valence-electron chi connectivity index (χ2n) is 7.73. The lowest BCUT2D eigenvalue weighted by molar-refractivity contribution is -0.122. The fourth-order valence-electron chi connectivity index (χ4n) is 3.98. The van der Waals surface area contributed by atoms with Crippen LogP contribution in [0.5, 0.6) is 5.75 Å². The number of ether oxygens (including phenoxy) is 1. The van der Waals surface area contributed by atoms with E-state index in [4.69, 9.17) is 4.74 Å². The number of rotatable bonds is 8. The number of hydrogen-bond acceptors (Lipinski definition) is 4. The van der Waals surface area contributed by atoms with Crippen LogP contribution < -0.4 is 15.4 Å². The van der Waals surface area contributed by atoms with Crippen LogP contribution in [0.15, 0.2) is 60.9 Å². The van der Waals surface area contributed by atoms with Crippen LogP contribution in [0.4, 0.5) is 5.69 Å². The van der Waals surface area contributed by atoms with Gasteiger partial charge >= 0.3 is 0 Å². The van der Waals surface area contributed by atoms with E-state index in [1.807, 2.05) is 36.4 Å². The van der Waals surface area contributed by atoms with Crippen molar-refractivity contribution in [2.75, 3.05) is 12.4 Å². The molecule has 4 rings (SSSR count). The number of methoxy groups -OCH3 is 1. The first-order valence-electron chi connectivity index (χ1n) is 10.4. The van der Waals surface area contributed by atoms with E-state index in [0.717, 1.165) is 24.2 Å². The number of amides is 2. The molecule has 1 heterocycles. The molecule has 1 aliphatic carbocycles. The summed E-state index contributed by atoms with van der Waals surface area (Å²) in [6.07, 6.45) is 5.84. The Labute approximate surface area is 181 Å². The minimum Gasteiger partial charge on any atom is -0.496 e. The number of aryl methyl sites for hydroxylation is 1. The van der Waals surface area contributed by atoms with Crippen LogP contribution >= 0.6 is 0 Å². The number of aromatic nitrogens is 2. The second-order valence-corrected chi connectivity index (χ2v) is 7.73. The summed E-state index contributed by atoms with van der Waals surface area (Å²) in [6.45, 7) is 0.115. The number of anilines is 1. The van der Waals surface area contributed by atoms with Crippen LogP contribution in [0.3, 0.4) is 0 Å². The van der Waals surface area contributed by atoms with E-state index < -0.39 is 0 Å². The van der Waals surface area contributed by atoms with Gasteiger partial charge in [-0.15, -0.1) is 0 Å². The molecule has 0 atom stereocenters. The SMILES string of the molecule is COc1ccccc1CCC(=O)Nc1cnn(CC(=O)NC2Cc3ccccc3C2)c1. The highest BCUT2D eigenvalue weighted by atomic mass is 16.5. The Hall–Kier alpha value is -3.61. The molecule has 31 heavy (non-hydrogen) atoms. The molecule has 2 aromatic carbocycles.